The van der Waals surface area contributed by atoms with E-state index in [2.05, 4.69) is 47.6 Å². The third-order valence-corrected chi connectivity index (χ3v) is 3.89. The SMILES string of the molecule is CC(CCc1ccccc1)NC1=NCCCS1. The molecule has 0 aromatic heterocycles. The lowest BCUT2D eigenvalue weighted by molar-refractivity contribution is 0.608. The van der Waals surface area contributed by atoms with Gasteiger partial charge in [0, 0.05) is 18.3 Å². The van der Waals surface area contributed by atoms with Crippen molar-refractivity contribution >= 4 is 16.9 Å². The van der Waals surface area contributed by atoms with Gasteiger partial charge in [-0.3, -0.25) is 4.99 Å². The Morgan fingerprint density at radius 2 is 2.18 bits per heavy atom. The number of aliphatic imine (C=N–C) groups is 1. The molecular weight excluding hydrogens is 228 g/mol. The number of aryl methyl sites for hydroxylation is 1. The van der Waals surface area contributed by atoms with E-state index in [1.807, 2.05) is 11.8 Å². The smallest absolute Gasteiger partial charge is 0.156 e. The van der Waals surface area contributed by atoms with Crippen LogP contribution in [0.25, 0.3) is 0 Å². The van der Waals surface area contributed by atoms with E-state index in [0.717, 1.165) is 24.6 Å². The molecule has 2 rings (SSSR count). The lowest BCUT2D eigenvalue weighted by atomic mass is 10.1. The van der Waals surface area contributed by atoms with Gasteiger partial charge >= 0.3 is 0 Å². The van der Waals surface area contributed by atoms with Crippen LogP contribution >= 0.6 is 11.8 Å². The highest BCUT2D eigenvalue weighted by molar-refractivity contribution is 8.13. The second-order valence-corrected chi connectivity index (χ2v) is 5.54. The Morgan fingerprint density at radius 1 is 1.35 bits per heavy atom. The molecule has 0 saturated heterocycles. The van der Waals surface area contributed by atoms with E-state index in [1.54, 1.807) is 0 Å². The van der Waals surface area contributed by atoms with Crippen molar-refractivity contribution in [1.82, 2.24) is 5.32 Å². The summed E-state index contributed by atoms with van der Waals surface area (Å²) in [5.41, 5.74) is 1.42. The van der Waals surface area contributed by atoms with E-state index < -0.39 is 0 Å². The Labute approximate surface area is 108 Å². The maximum atomic E-state index is 4.49. The Bertz CT molecular complexity index is 362. The first-order chi connectivity index (χ1) is 8.34. The summed E-state index contributed by atoms with van der Waals surface area (Å²) >= 11 is 1.85. The van der Waals surface area contributed by atoms with Crippen LogP contribution in [-0.2, 0) is 6.42 Å². The predicted molar refractivity (Wildman–Crippen MR) is 76.7 cm³/mol. The van der Waals surface area contributed by atoms with Gasteiger partial charge in [0.25, 0.3) is 0 Å². The van der Waals surface area contributed by atoms with Crippen molar-refractivity contribution in [3.8, 4) is 0 Å². The van der Waals surface area contributed by atoms with Crippen LogP contribution in [0.5, 0.6) is 0 Å². The lowest BCUT2D eigenvalue weighted by Gasteiger charge is -2.18. The molecule has 3 heteroatoms. The van der Waals surface area contributed by atoms with Crippen LogP contribution in [0.1, 0.15) is 25.3 Å². The highest BCUT2D eigenvalue weighted by Gasteiger charge is 2.09. The van der Waals surface area contributed by atoms with Gasteiger partial charge in [0.2, 0.25) is 0 Å². The standard InChI is InChI=1S/C14H20N2S/c1-12(16-14-15-10-5-11-17-14)8-9-13-6-3-2-4-7-13/h2-4,6-7,12H,5,8-11H2,1H3,(H,15,16). The molecule has 0 spiro atoms. The van der Waals surface area contributed by atoms with Gasteiger partial charge in [0.1, 0.15) is 0 Å². The highest BCUT2D eigenvalue weighted by atomic mass is 32.2. The average Bonchev–Trinajstić information content (AvgIpc) is 2.39. The van der Waals surface area contributed by atoms with Crippen molar-refractivity contribution in [3.05, 3.63) is 35.9 Å². The van der Waals surface area contributed by atoms with E-state index in [4.69, 9.17) is 0 Å². The molecule has 1 aliphatic rings. The highest BCUT2D eigenvalue weighted by Crippen LogP contribution is 2.12. The molecule has 1 N–H and O–H groups in total. The van der Waals surface area contributed by atoms with Gasteiger partial charge < -0.3 is 5.32 Å². The summed E-state index contributed by atoms with van der Waals surface area (Å²) in [6.45, 7) is 3.22. The Kier molecular flexibility index (Phi) is 4.92. The maximum absolute atomic E-state index is 4.49. The summed E-state index contributed by atoms with van der Waals surface area (Å²) in [5, 5.41) is 4.64. The first kappa shape index (κ1) is 12.5. The minimum absolute atomic E-state index is 0.500. The third-order valence-electron chi connectivity index (χ3n) is 2.88. The number of amidine groups is 1. The minimum atomic E-state index is 0.500. The fourth-order valence-electron chi connectivity index (χ4n) is 1.86. The van der Waals surface area contributed by atoms with E-state index >= 15 is 0 Å². The van der Waals surface area contributed by atoms with E-state index in [-0.39, 0.29) is 0 Å². The van der Waals surface area contributed by atoms with Gasteiger partial charge in [-0.05, 0) is 31.7 Å². The van der Waals surface area contributed by atoms with Gasteiger partial charge in [0.15, 0.2) is 5.17 Å². The normalized spacial score (nSPS) is 17.4. The number of benzene rings is 1. The summed E-state index contributed by atoms with van der Waals surface area (Å²) in [4.78, 5) is 4.49. The van der Waals surface area contributed by atoms with Crippen LogP contribution < -0.4 is 5.32 Å². The molecule has 2 nitrogen and oxygen atoms in total. The number of nitrogens with one attached hydrogen (secondary N) is 1. The molecule has 1 aliphatic heterocycles. The van der Waals surface area contributed by atoms with Crippen LogP contribution in [0, 0.1) is 0 Å². The van der Waals surface area contributed by atoms with Gasteiger partial charge in [-0.1, -0.05) is 42.1 Å². The van der Waals surface area contributed by atoms with Crippen molar-refractivity contribution in [2.45, 2.75) is 32.2 Å². The average molecular weight is 248 g/mol. The molecule has 1 heterocycles. The first-order valence-corrected chi connectivity index (χ1v) is 7.31. The molecule has 1 atom stereocenters. The Balaban J connectivity index is 1.74. The summed E-state index contributed by atoms with van der Waals surface area (Å²) in [7, 11) is 0. The van der Waals surface area contributed by atoms with E-state index in [9.17, 15) is 0 Å². The molecule has 0 bridgehead atoms. The molecule has 0 fully saturated rings. The fraction of sp³-hybridized carbons (Fsp3) is 0.500. The minimum Gasteiger partial charge on any atom is -0.362 e. The van der Waals surface area contributed by atoms with Crippen LogP contribution in [0.3, 0.4) is 0 Å². The Morgan fingerprint density at radius 3 is 2.88 bits per heavy atom. The van der Waals surface area contributed by atoms with E-state index in [0.29, 0.717) is 6.04 Å². The second-order valence-electron chi connectivity index (χ2n) is 4.46. The number of hydrogen-bond acceptors (Lipinski definition) is 3. The summed E-state index contributed by atoms with van der Waals surface area (Å²) < 4.78 is 0. The van der Waals surface area contributed by atoms with E-state index in [1.165, 1.54) is 17.7 Å². The monoisotopic (exact) mass is 248 g/mol. The second kappa shape index (κ2) is 6.70. The number of nitrogens with zero attached hydrogens (tertiary/aromatic N) is 1. The van der Waals surface area contributed by atoms with Crippen LogP contribution in [0.4, 0.5) is 0 Å². The summed E-state index contributed by atoms with van der Waals surface area (Å²) in [5.74, 6) is 1.21. The van der Waals surface area contributed by atoms with Crippen molar-refractivity contribution in [3.63, 3.8) is 0 Å². The van der Waals surface area contributed by atoms with Gasteiger partial charge in [-0.25, -0.2) is 0 Å². The maximum Gasteiger partial charge on any atom is 0.156 e. The zero-order chi connectivity index (χ0) is 11.9. The largest absolute Gasteiger partial charge is 0.362 e. The summed E-state index contributed by atoms with van der Waals surface area (Å²) in [6, 6.07) is 11.2. The van der Waals surface area contributed by atoms with Gasteiger partial charge in [-0.2, -0.15) is 0 Å². The predicted octanol–water partition coefficient (Wildman–Crippen LogP) is 3.09. The molecule has 0 amide bonds. The van der Waals surface area contributed by atoms with Crippen molar-refractivity contribution in [2.24, 2.45) is 4.99 Å². The molecule has 1 unspecified atom stereocenters. The number of rotatable bonds is 4. The molecule has 0 aliphatic carbocycles. The quantitative estimate of drug-likeness (QED) is 0.885. The fourth-order valence-corrected chi connectivity index (χ4v) is 2.79. The lowest BCUT2D eigenvalue weighted by Crippen LogP contribution is -2.32. The van der Waals surface area contributed by atoms with Crippen molar-refractivity contribution in [1.29, 1.82) is 0 Å². The molecule has 0 saturated carbocycles. The zero-order valence-corrected chi connectivity index (χ0v) is 11.2. The van der Waals surface area contributed by atoms with Gasteiger partial charge in [-0.15, -0.1) is 0 Å². The molecular formula is C14H20N2S. The van der Waals surface area contributed by atoms with Crippen LogP contribution in [-0.4, -0.2) is 23.5 Å². The first-order valence-electron chi connectivity index (χ1n) is 6.32. The molecule has 1 aromatic rings. The topological polar surface area (TPSA) is 24.4 Å². The van der Waals surface area contributed by atoms with Crippen LogP contribution in [0.2, 0.25) is 0 Å². The van der Waals surface area contributed by atoms with Crippen LogP contribution in [0.15, 0.2) is 35.3 Å². The van der Waals surface area contributed by atoms with Gasteiger partial charge in [0.05, 0.1) is 0 Å². The molecule has 1 aromatic carbocycles. The molecule has 0 radical (unpaired) electrons. The molecule has 17 heavy (non-hydrogen) atoms. The number of thioether (sulfide) groups is 1. The number of hydrogen-bond donors (Lipinski definition) is 1. The van der Waals surface area contributed by atoms with Crippen molar-refractivity contribution in [2.75, 3.05) is 12.3 Å². The summed E-state index contributed by atoms with van der Waals surface area (Å²) in [6.07, 6.45) is 3.50. The molecule has 92 valence electrons. The van der Waals surface area contributed by atoms with Crippen molar-refractivity contribution < 1.29 is 0 Å². The zero-order valence-electron chi connectivity index (χ0n) is 10.4. The Hall–Kier alpha value is -0.960. The third kappa shape index (κ3) is 4.43.